The minimum atomic E-state index is -0.239. The zero-order chi connectivity index (χ0) is 13.7. The number of anilines is 1. The first-order chi connectivity index (χ1) is 9.15. The molecule has 1 aromatic carbocycles. The van der Waals surface area contributed by atoms with Gasteiger partial charge in [-0.3, -0.25) is 0 Å². The highest BCUT2D eigenvalue weighted by molar-refractivity contribution is 5.59. The Kier molecular flexibility index (Phi) is 4.58. The predicted octanol–water partition coefficient (Wildman–Crippen LogP) is 3.45. The molecule has 0 spiro atoms. The van der Waals surface area contributed by atoms with E-state index in [4.69, 9.17) is 4.42 Å². The molecular formula is C15H19FN2O. The van der Waals surface area contributed by atoms with Crippen LogP contribution in [0, 0.1) is 5.82 Å². The van der Waals surface area contributed by atoms with Gasteiger partial charge in [-0.05, 0) is 57.4 Å². The van der Waals surface area contributed by atoms with Gasteiger partial charge in [0.1, 0.15) is 11.6 Å². The van der Waals surface area contributed by atoms with Gasteiger partial charge in [-0.1, -0.05) is 0 Å². The average molecular weight is 262 g/mol. The van der Waals surface area contributed by atoms with Crippen molar-refractivity contribution in [3.63, 3.8) is 0 Å². The number of nitrogens with one attached hydrogen (secondary N) is 1. The van der Waals surface area contributed by atoms with E-state index in [0.717, 1.165) is 36.7 Å². The number of benzene rings is 1. The third-order valence-corrected chi connectivity index (χ3v) is 2.82. The van der Waals surface area contributed by atoms with Gasteiger partial charge in [0.2, 0.25) is 0 Å². The molecule has 0 bridgehead atoms. The Morgan fingerprint density at radius 3 is 2.53 bits per heavy atom. The molecule has 0 aliphatic carbocycles. The van der Waals surface area contributed by atoms with E-state index in [9.17, 15) is 4.39 Å². The van der Waals surface area contributed by atoms with Crippen molar-refractivity contribution in [2.24, 2.45) is 0 Å². The van der Waals surface area contributed by atoms with E-state index in [2.05, 4.69) is 24.3 Å². The number of nitrogens with zero attached hydrogens (tertiary/aromatic N) is 1. The third kappa shape index (κ3) is 4.10. The molecule has 0 unspecified atom stereocenters. The molecule has 0 amide bonds. The molecule has 0 aliphatic rings. The fraction of sp³-hybridized carbons (Fsp3) is 0.333. The summed E-state index contributed by atoms with van der Waals surface area (Å²) in [5.74, 6) is 1.26. The van der Waals surface area contributed by atoms with E-state index in [1.54, 1.807) is 12.1 Å². The van der Waals surface area contributed by atoms with Gasteiger partial charge in [0.25, 0.3) is 0 Å². The van der Waals surface area contributed by atoms with Crippen LogP contribution in [0.15, 0.2) is 40.8 Å². The van der Waals surface area contributed by atoms with Crippen molar-refractivity contribution < 1.29 is 8.81 Å². The van der Waals surface area contributed by atoms with Crippen LogP contribution in [0.2, 0.25) is 0 Å². The van der Waals surface area contributed by atoms with Gasteiger partial charge in [-0.25, -0.2) is 4.39 Å². The monoisotopic (exact) mass is 262 g/mol. The molecule has 0 radical (unpaired) electrons. The lowest BCUT2D eigenvalue weighted by Gasteiger charge is -2.09. The summed E-state index contributed by atoms with van der Waals surface area (Å²) in [5.41, 5.74) is 0.878. The molecule has 2 rings (SSSR count). The Morgan fingerprint density at radius 1 is 1.11 bits per heavy atom. The molecule has 1 heterocycles. The lowest BCUT2D eigenvalue weighted by atomic mass is 10.2. The molecule has 0 fully saturated rings. The summed E-state index contributed by atoms with van der Waals surface area (Å²) >= 11 is 0. The van der Waals surface area contributed by atoms with Crippen LogP contribution in [-0.2, 0) is 0 Å². The average Bonchev–Trinajstić information content (AvgIpc) is 2.84. The van der Waals surface area contributed by atoms with Crippen molar-refractivity contribution in [3.05, 3.63) is 42.2 Å². The van der Waals surface area contributed by atoms with Crippen LogP contribution in [0.1, 0.15) is 6.42 Å². The highest BCUT2D eigenvalue weighted by Crippen LogP contribution is 2.24. The number of furan rings is 1. The van der Waals surface area contributed by atoms with Crippen LogP contribution in [-0.4, -0.2) is 32.1 Å². The molecule has 1 aromatic heterocycles. The van der Waals surface area contributed by atoms with E-state index < -0.39 is 0 Å². The van der Waals surface area contributed by atoms with Gasteiger partial charge >= 0.3 is 0 Å². The molecule has 2 aromatic rings. The summed E-state index contributed by atoms with van der Waals surface area (Å²) in [6, 6.07) is 10.1. The fourth-order valence-corrected chi connectivity index (χ4v) is 1.81. The zero-order valence-corrected chi connectivity index (χ0v) is 11.3. The highest BCUT2D eigenvalue weighted by atomic mass is 19.1. The summed E-state index contributed by atoms with van der Waals surface area (Å²) in [6.07, 6.45) is 1.06. The lowest BCUT2D eigenvalue weighted by molar-refractivity contribution is 0.404. The number of hydrogen-bond acceptors (Lipinski definition) is 3. The molecule has 19 heavy (non-hydrogen) atoms. The van der Waals surface area contributed by atoms with E-state index >= 15 is 0 Å². The molecule has 0 saturated carbocycles. The largest absolute Gasteiger partial charge is 0.441 e. The molecule has 0 saturated heterocycles. The second kappa shape index (κ2) is 6.38. The minimum Gasteiger partial charge on any atom is -0.441 e. The standard InChI is InChI=1S/C15H19FN2O/c1-18(2)11-3-10-17-15-9-8-14(19-15)12-4-6-13(16)7-5-12/h4-9,17H,3,10-11H2,1-2H3. The van der Waals surface area contributed by atoms with Gasteiger partial charge in [0, 0.05) is 18.2 Å². The molecule has 4 heteroatoms. The predicted molar refractivity (Wildman–Crippen MR) is 75.8 cm³/mol. The van der Waals surface area contributed by atoms with Crippen molar-refractivity contribution in [2.75, 3.05) is 32.5 Å². The Hall–Kier alpha value is -1.81. The Morgan fingerprint density at radius 2 is 1.84 bits per heavy atom. The zero-order valence-electron chi connectivity index (χ0n) is 11.3. The van der Waals surface area contributed by atoms with Crippen molar-refractivity contribution in [2.45, 2.75) is 6.42 Å². The minimum absolute atomic E-state index is 0.239. The molecule has 0 aliphatic heterocycles. The third-order valence-electron chi connectivity index (χ3n) is 2.82. The van der Waals surface area contributed by atoms with Gasteiger partial charge < -0.3 is 14.6 Å². The second-order valence-corrected chi connectivity index (χ2v) is 4.75. The maximum Gasteiger partial charge on any atom is 0.193 e. The van der Waals surface area contributed by atoms with Gasteiger partial charge in [-0.15, -0.1) is 0 Å². The first kappa shape index (κ1) is 13.6. The van der Waals surface area contributed by atoms with Crippen LogP contribution in [0.3, 0.4) is 0 Å². The Balaban J connectivity index is 1.90. The molecule has 1 N–H and O–H groups in total. The summed E-state index contributed by atoms with van der Waals surface area (Å²) in [6.45, 7) is 1.91. The normalized spacial score (nSPS) is 10.9. The number of halogens is 1. The number of rotatable bonds is 6. The smallest absolute Gasteiger partial charge is 0.193 e. The van der Waals surface area contributed by atoms with Crippen LogP contribution in [0.5, 0.6) is 0 Å². The van der Waals surface area contributed by atoms with E-state index in [1.165, 1.54) is 12.1 Å². The topological polar surface area (TPSA) is 28.4 Å². The van der Waals surface area contributed by atoms with E-state index in [0.29, 0.717) is 0 Å². The maximum absolute atomic E-state index is 12.8. The first-order valence-corrected chi connectivity index (χ1v) is 6.39. The van der Waals surface area contributed by atoms with Crippen molar-refractivity contribution in [1.29, 1.82) is 0 Å². The second-order valence-electron chi connectivity index (χ2n) is 4.75. The summed E-state index contributed by atoms with van der Waals surface area (Å²) < 4.78 is 18.5. The van der Waals surface area contributed by atoms with E-state index in [1.807, 2.05) is 12.1 Å². The van der Waals surface area contributed by atoms with Gasteiger partial charge in [0.05, 0.1) is 0 Å². The van der Waals surface area contributed by atoms with Crippen LogP contribution >= 0.6 is 0 Å². The van der Waals surface area contributed by atoms with Crippen molar-refractivity contribution in [3.8, 4) is 11.3 Å². The Labute approximate surface area is 113 Å². The summed E-state index contributed by atoms with van der Waals surface area (Å²) in [7, 11) is 4.11. The number of hydrogen-bond donors (Lipinski definition) is 1. The molecule has 102 valence electrons. The van der Waals surface area contributed by atoms with Crippen molar-refractivity contribution >= 4 is 5.88 Å². The quantitative estimate of drug-likeness (QED) is 0.808. The SMILES string of the molecule is CN(C)CCCNc1ccc(-c2ccc(F)cc2)o1. The van der Waals surface area contributed by atoms with Crippen LogP contribution in [0.25, 0.3) is 11.3 Å². The molecule has 0 atom stereocenters. The van der Waals surface area contributed by atoms with Crippen LogP contribution < -0.4 is 5.32 Å². The maximum atomic E-state index is 12.8. The lowest BCUT2D eigenvalue weighted by Crippen LogP contribution is -2.16. The fourth-order valence-electron chi connectivity index (χ4n) is 1.81. The summed E-state index contributed by atoms with van der Waals surface area (Å²) in [5, 5.41) is 3.23. The first-order valence-electron chi connectivity index (χ1n) is 6.39. The van der Waals surface area contributed by atoms with Gasteiger partial charge in [-0.2, -0.15) is 0 Å². The van der Waals surface area contributed by atoms with Crippen molar-refractivity contribution in [1.82, 2.24) is 4.90 Å². The van der Waals surface area contributed by atoms with Gasteiger partial charge in [0.15, 0.2) is 5.88 Å². The van der Waals surface area contributed by atoms with E-state index in [-0.39, 0.29) is 5.82 Å². The summed E-state index contributed by atoms with van der Waals surface area (Å²) in [4.78, 5) is 2.15. The Bertz CT molecular complexity index is 505. The molecule has 3 nitrogen and oxygen atoms in total. The van der Waals surface area contributed by atoms with Crippen LogP contribution in [0.4, 0.5) is 10.3 Å². The molecular weight excluding hydrogens is 243 g/mol. The highest BCUT2D eigenvalue weighted by Gasteiger charge is 2.04.